The number of aromatic nitrogens is 2. The molecule has 1 aliphatic heterocycles. The lowest BCUT2D eigenvalue weighted by Gasteiger charge is -2.22. The van der Waals surface area contributed by atoms with Crippen LogP contribution in [0.5, 0.6) is 5.88 Å². The molecule has 0 amide bonds. The molecule has 0 spiro atoms. The largest absolute Gasteiger partial charge is 0.493 e. The van der Waals surface area contributed by atoms with Crippen LogP contribution < -0.4 is 5.56 Å². The maximum Gasteiger partial charge on any atom is 0.258 e. The Bertz CT molecular complexity index is 526. The lowest BCUT2D eigenvalue weighted by Crippen LogP contribution is -2.29. The molecule has 19 heavy (non-hydrogen) atoms. The molecule has 1 aromatic heterocycles. The Morgan fingerprint density at radius 3 is 2.68 bits per heavy atom. The van der Waals surface area contributed by atoms with Gasteiger partial charge in [0.05, 0.1) is 5.56 Å². The minimum absolute atomic E-state index is 0.109. The number of ether oxygens (including phenoxy) is 1. The van der Waals surface area contributed by atoms with Gasteiger partial charge >= 0.3 is 0 Å². The van der Waals surface area contributed by atoms with Gasteiger partial charge in [-0.25, -0.2) is 0 Å². The molecule has 1 unspecified atom stereocenters. The van der Waals surface area contributed by atoms with Crippen molar-refractivity contribution in [2.75, 3.05) is 6.61 Å². The highest BCUT2D eigenvalue weighted by atomic mass is 16.5. The number of nitrogens with one attached hydrogen (secondary N) is 1. The highest BCUT2D eigenvalue weighted by Crippen LogP contribution is 2.37. The number of aromatic amines is 1. The zero-order valence-corrected chi connectivity index (χ0v) is 11.2. The first-order valence-electron chi connectivity index (χ1n) is 7.08. The molecule has 3 rings (SSSR count). The number of H-pyrrole nitrogens is 1. The molecule has 1 atom stereocenters. The zero-order valence-electron chi connectivity index (χ0n) is 11.2. The summed E-state index contributed by atoms with van der Waals surface area (Å²) in [6.45, 7) is 2.58. The molecule has 2 fully saturated rings. The van der Waals surface area contributed by atoms with E-state index in [1.165, 1.54) is 0 Å². The average Bonchev–Trinajstić information content (AvgIpc) is 3.00. The second-order valence-corrected chi connectivity index (χ2v) is 5.82. The molecule has 2 heterocycles. The number of nitrogens with zero attached hydrogens (tertiary/aromatic N) is 1. The summed E-state index contributed by atoms with van der Waals surface area (Å²) in [5, 5.41) is 10.1. The molecule has 1 aliphatic carbocycles. The van der Waals surface area contributed by atoms with E-state index in [1.54, 1.807) is 0 Å². The molecule has 1 aromatic rings. The maximum absolute atomic E-state index is 12.2. The van der Waals surface area contributed by atoms with Crippen LogP contribution in [0.2, 0.25) is 0 Å². The molecular formula is C14H20N2O3. The van der Waals surface area contributed by atoms with Gasteiger partial charge in [-0.05, 0) is 38.5 Å². The van der Waals surface area contributed by atoms with Gasteiger partial charge in [0.15, 0.2) is 0 Å². The van der Waals surface area contributed by atoms with Gasteiger partial charge in [0.25, 0.3) is 5.56 Å². The van der Waals surface area contributed by atoms with Crippen LogP contribution in [0.25, 0.3) is 0 Å². The molecule has 1 saturated heterocycles. The minimum Gasteiger partial charge on any atom is -0.493 e. The fraction of sp³-hybridized carbons (Fsp3) is 0.714. The number of hydrogen-bond donors (Lipinski definition) is 2. The Morgan fingerprint density at radius 2 is 2.11 bits per heavy atom. The van der Waals surface area contributed by atoms with Crippen molar-refractivity contribution >= 4 is 0 Å². The lowest BCUT2D eigenvalue weighted by molar-refractivity contribution is 0.00858. The van der Waals surface area contributed by atoms with Crippen LogP contribution in [0, 0.1) is 0 Å². The van der Waals surface area contributed by atoms with Crippen LogP contribution in [0.4, 0.5) is 0 Å². The van der Waals surface area contributed by atoms with Crippen molar-refractivity contribution in [3.05, 3.63) is 21.7 Å². The van der Waals surface area contributed by atoms with Crippen molar-refractivity contribution in [3.63, 3.8) is 0 Å². The molecule has 0 aromatic carbocycles. The summed E-state index contributed by atoms with van der Waals surface area (Å²) in [5.41, 5.74) is -0.306. The molecule has 1 saturated carbocycles. The summed E-state index contributed by atoms with van der Waals surface area (Å²) >= 11 is 0. The van der Waals surface area contributed by atoms with Gasteiger partial charge in [-0.3, -0.25) is 4.79 Å². The van der Waals surface area contributed by atoms with Crippen LogP contribution >= 0.6 is 0 Å². The van der Waals surface area contributed by atoms with E-state index < -0.39 is 5.60 Å². The fourth-order valence-corrected chi connectivity index (χ4v) is 3.27. The molecule has 0 radical (unpaired) electrons. The molecule has 5 heteroatoms. The molecule has 104 valence electrons. The predicted molar refractivity (Wildman–Crippen MR) is 70.3 cm³/mol. The standard InChI is InChI=1S/C14H20N2O3/c1-14(7-4-8-19-14)13-15-11(17)10(12(18)16-13)9-5-2-3-6-9/h9H,2-8H2,1H3,(H2,15,16,17,18). The first kappa shape index (κ1) is 12.7. The SMILES string of the molecule is CC1(c2nc(O)c(C3CCCC3)c(=O)[nH]2)CCCO1. The first-order chi connectivity index (χ1) is 9.10. The van der Waals surface area contributed by atoms with E-state index in [1.807, 2.05) is 6.92 Å². The minimum atomic E-state index is -0.565. The molecule has 5 nitrogen and oxygen atoms in total. The third kappa shape index (κ3) is 2.16. The summed E-state index contributed by atoms with van der Waals surface area (Å²) in [5.74, 6) is 0.499. The first-order valence-corrected chi connectivity index (χ1v) is 7.08. The van der Waals surface area contributed by atoms with Gasteiger partial charge in [0.2, 0.25) is 5.88 Å². The highest BCUT2D eigenvalue weighted by Gasteiger charge is 2.36. The van der Waals surface area contributed by atoms with Crippen molar-refractivity contribution in [1.29, 1.82) is 0 Å². The van der Waals surface area contributed by atoms with E-state index in [4.69, 9.17) is 4.74 Å². The van der Waals surface area contributed by atoms with Gasteiger partial charge in [-0.15, -0.1) is 0 Å². The van der Waals surface area contributed by atoms with Crippen LogP contribution in [0.1, 0.15) is 62.8 Å². The third-order valence-corrected chi connectivity index (χ3v) is 4.42. The number of aromatic hydroxyl groups is 1. The van der Waals surface area contributed by atoms with Crippen molar-refractivity contribution < 1.29 is 9.84 Å². The zero-order chi connectivity index (χ0) is 13.5. The van der Waals surface area contributed by atoms with Crippen molar-refractivity contribution in [2.24, 2.45) is 0 Å². The second-order valence-electron chi connectivity index (χ2n) is 5.82. The Hall–Kier alpha value is -1.36. The molecule has 2 aliphatic rings. The highest BCUT2D eigenvalue weighted by molar-refractivity contribution is 5.28. The monoisotopic (exact) mass is 264 g/mol. The number of hydrogen-bond acceptors (Lipinski definition) is 4. The number of rotatable bonds is 2. The quantitative estimate of drug-likeness (QED) is 0.858. The predicted octanol–water partition coefficient (Wildman–Crippen LogP) is 2.16. The van der Waals surface area contributed by atoms with Crippen LogP contribution in [-0.2, 0) is 10.3 Å². The van der Waals surface area contributed by atoms with E-state index >= 15 is 0 Å². The maximum atomic E-state index is 12.2. The van der Waals surface area contributed by atoms with Gasteiger partial charge < -0.3 is 14.8 Å². The van der Waals surface area contributed by atoms with Gasteiger partial charge in [0, 0.05) is 6.61 Å². The summed E-state index contributed by atoms with van der Waals surface area (Å²) in [4.78, 5) is 19.3. The van der Waals surface area contributed by atoms with Crippen molar-refractivity contribution in [3.8, 4) is 5.88 Å². The topological polar surface area (TPSA) is 75.2 Å². The van der Waals surface area contributed by atoms with Crippen LogP contribution in [0.3, 0.4) is 0 Å². The Kier molecular flexibility index (Phi) is 3.09. The Labute approximate surface area is 112 Å². The summed E-state index contributed by atoms with van der Waals surface area (Å²) < 4.78 is 5.66. The smallest absolute Gasteiger partial charge is 0.258 e. The van der Waals surface area contributed by atoms with Crippen LogP contribution in [0.15, 0.2) is 4.79 Å². The van der Waals surface area contributed by atoms with E-state index in [-0.39, 0.29) is 17.4 Å². The molecule has 0 bridgehead atoms. The summed E-state index contributed by atoms with van der Waals surface area (Å²) in [6.07, 6.45) is 5.93. The second kappa shape index (κ2) is 4.63. The van der Waals surface area contributed by atoms with Crippen molar-refractivity contribution in [2.45, 2.75) is 57.0 Å². The third-order valence-electron chi connectivity index (χ3n) is 4.42. The normalized spacial score (nSPS) is 28.1. The van der Waals surface area contributed by atoms with Crippen LogP contribution in [-0.4, -0.2) is 21.7 Å². The lowest BCUT2D eigenvalue weighted by atomic mass is 9.98. The van der Waals surface area contributed by atoms with Crippen molar-refractivity contribution in [1.82, 2.24) is 9.97 Å². The summed E-state index contributed by atoms with van der Waals surface area (Å²) in [6, 6.07) is 0. The fourth-order valence-electron chi connectivity index (χ4n) is 3.27. The molecular weight excluding hydrogens is 244 g/mol. The Morgan fingerprint density at radius 1 is 1.37 bits per heavy atom. The Balaban J connectivity index is 2.00. The van der Waals surface area contributed by atoms with E-state index in [0.29, 0.717) is 18.0 Å². The molecule has 2 N–H and O–H groups in total. The van der Waals surface area contributed by atoms with Gasteiger partial charge in [-0.1, -0.05) is 12.8 Å². The average molecular weight is 264 g/mol. The van der Waals surface area contributed by atoms with Gasteiger partial charge in [-0.2, -0.15) is 4.98 Å². The van der Waals surface area contributed by atoms with E-state index in [9.17, 15) is 9.90 Å². The van der Waals surface area contributed by atoms with E-state index in [0.717, 1.165) is 38.5 Å². The summed E-state index contributed by atoms with van der Waals surface area (Å²) in [7, 11) is 0. The van der Waals surface area contributed by atoms with Gasteiger partial charge in [0.1, 0.15) is 11.4 Å². The van der Waals surface area contributed by atoms with E-state index in [2.05, 4.69) is 9.97 Å².